The molecule has 2 aromatic carbocycles. The van der Waals surface area contributed by atoms with Crippen molar-refractivity contribution in [3.63, 3.8) is 0 Å². The van der Waals surface area contributed by atoms with Gasteiger partial charge in [-0.15, -0.1) is 0 Å². The number of carbonyl (C=O) groups excluding carboxylic acids is 2. The fraction of sp³-hybridized carbons (Fsp3) is 0.500. The van der Waals surface area contributed by atoms with Crippen LogP contribution < -0.4 is 11.1 Å². The van der Waals surface area contributed by atoms with Crippen molar-refractivity contribution >= 4 is 11.8 Å². The first-order valence-corrected chi connectivity index (χ1v) is 12.4. The van der Waals surface area contributed by atoms with Crippen LogP contribution in [-0.2, 0) is 15.0 Å². The van der Waals surface area contributed by atoms with E-state index in [1.54, 1.807) is 0 Å². The van der Waals surface area contributed by atoms with Crippen molar-refractivity contribution in [2.24, 2.45) is 11.7 Å². The summed E-state index contributed by atoms with van der Waals surface area (Å²) in [4.78, 5) is 28.5. The van der Waals surface area contributed by atoms with Gasteiger partial charge in [-0.25, -0.2) is 0 Å². The van der Waals surface area contributed by atoms with Gasteiger partial charge in [-0.05, 0) is 55.6 Å². The lowest BCUT2D eigenvalue weighted by atomic mass is 9.73. The zero-order valence-electron chi connectivity index (χ0n) is 19.7. The highest BCUT2D eigenvalue weighted by Gasteiger charge is 2.39. The van der Waals surface area contributed by atoms with Crippen LogP contribution in [-0.4, -0.2) is 41.9 Å². The Kier molecular flexibility index (Phi) is 7.49. The van der Waals surface area contributed by atoms with Gasteiger partial charge < -0.3 is 16.0 Å². The lowest BCUT2D eigenvalue weighted by molar-refractivity contribution is -0.139. The molecular weight excluding hydrogens is 410 g/mol. The molecule has 176 valence electrons. The van der Waals surface area contributed by atoms with Crippen LogP contribution in [0.5, 0.6) is 0 Å². The molecule has 0 spiro atoms. The summed E-state index contributed by atoms with van der Waals surface area (Å²) in [5.41, 5.74) is 7.78. The Balaban J connectivity index is 1.45. The fourth-order valence-corrected chi connectivity index (χ4v) is 5.48. The number of hydrogen-bond acceptors (Lipinski definition) is 3. The minimum atomic E-state index is -0.454. The molecule has 0 unspecified atom stereocenters. The molecule has 3 N–H and O–H groups in total. The van der Waals surface area contributed by atoms with Gasteiger partial charge in [-0.1, -0.05) is 67.6 Å². The summed E-state index contributed by atoms with van der Waals surface area (Å²) in [5, 5.41) is 3.15. The van der Waals surface area contributed by atoms with Gasteiger partial charge in [-0.3, -0.25) is 9.59 Å². The third-order valence-electron chi connectivity index (χ3n) is 7.66. The first-order valence-electron chi connectivity index (χ1n) is 12.4. The highest BCUT2D eigenvalue weighted by molar-refractivity contribution is 5.89. The van der Waals surface area contributed by atoms with Crippen LogP contribution in [0, 0.1) is 5.92 Å². The SMILES string of the molecule is CC(CC(=O)N1CCC[C@H]1C(=O)NCC1CCC(N)CC1)(c1ccccc1)c1ccccc1. The Labute approximate surface area is 197 Å². The lowest BCUT2D eigenvalue weighted by Crippen LogP contribution is -2.48. The number of nitrogens with one attached hydrogen (secondary N) is 1. The number of nitrogens with two attached hydrogens (primary N) is 1. The molecule has 0 radical (unpaired) electrons. The zero-order chi connectivity index (χ0) is 23.3. The van der Waals surface area contributed by atoms with Crippen LogP contribution in [0.1, 0.15) is 63.0 Å². The van der Waals surface area contributed by atoms with Gasteiger partial charge in [0.2, 0.25) is 11.8 Å². The molecule has 4 rings (SSSR count). The molecule has 2 aliphatic rings. The summed E-state index contributed by atoms with van der Waals surface area (Å²) in [6.45, 7) is 3.47. The quantitative estimate of drug-likeness (QED) is 0.673. The van der Waals surface area contributed by atoms with E-state index >= 15 is 0 Å². The molecule has 33 heavy (non-hydrogen) atoms. The van der Waals surface area contributed by atoms with Crippen molar-refractivity contribution in [2.45, 2.75) is 69.4 Å². The smallest absolute Gasteiger partial charge is 0.242 e. The van der Waals surface area contributed by atoms with Gasteiger partial charge >= 0.3 is 0 Å². The highest BCUT2D eigenvalue weighted by Crippen LogP contribution is 2.36. The molecule has 1 atom stereocenters. The zero-order valence-corrected chi connectivity index (χ0v) is 19.7. The Hall–Kier alpha value is -2.66. The summed E-state index contributed by atoms with van der Waals surface area (Å²) in [6.07, 6.45) is 6.15. The minimum absolute atomic E-state index is 0.00292. The van der Waals surface area contributed by atoms with Crippen LogP contribution in [0.25, 0.3) is 0 Å². The largest absolute Gasteiger partial charge is 0.354 e. The van der Waals surface area contributed by atoms with Crippen LogP contribution >= 0.6 is 0 Å². The Morgan fingerprint density at radius 2 is 1.52 bits per heavy atom. The first-order chi connectivity index (χ1) is 16.0. The van der Waals surface area contributed by atoms with Crippen molar-refractivity contribution in [1.82, 2.24) is 10.2 Å². The Bertz CT molecular complexity index is 883. The van der Waals surface area contributed by atoms with Gasteiger partial charge in [0.15, 0.2) is 0 Å². The molecule has 1 aliphatic heterocycles. The summed E-state index contributed by atoms with van der Waals surface area (Å²) < 4.78 is 0. The summed E-state index contributed by atoms with van der Waals surface area (Å²) in [5.74, 6) is 0.544. The van der Waals surface area contributed by atoms with Crippen molar-refractivity contribution in [3.8, 4) is 0 Å². The summed E-state index contributed by atoms with van der Waals surface area (Å²) in [7, 11) is 0. The maximum absolute atomic E-state index is 13.6. The number of hydrogen-bond donors (Lipinski definition) is 2. The van der Waals surface area contributed by atoms with Crippen molar-refractivity contribution in [3.05, 3.63) is 71.8 Å². The van der Waals surface area contributed by atoms with Crippen molar-refractivity contribution in [1.29, 1.82) is 0 Å². The highest BCUT2D eigenvalue weighted by atomic mass is 16.2. The second-order valence-corrected chi connectivity index (χ2v) is 10.0. The van der Waals surface area contributed by atoms with E-state index in [4.69, 9.17) is 5.73 Å². The number of benzene rings is 2. The van der Waals surface area contributed by atoms with E-state index in [0.29, 0.717) is 31.5 Å². The number of likely N-dealkylation sites (tertiary alicyclic amines) is 1. The second kappa shape index (κ2) is 10.5. The van der Waals surface area contributed by atoms with Gasteiger partial charge in [0.05, 0.1) is 0 Å². The van der Waals surface area contributed by atoms with E-state index in [1.807, 2.05) is 41.3 Å². The minimum Gasteiger partial charge on any atom is -0.354 e. The fourth-order valence-electron chi connectivity index (χ4n) is 5.48. The Morgan fingerprint density at radius 1 is 0.939 bits per heavy atom. The molecule has 2 fully saturated rings. The van der Waals surface area contributed by atoms with Gasteiger partial charge in [0.25, 0.3) is 0 Å². The molecule has 5 heteroatoms. The molecule has 1 aliphatic carbocycles. The lowest BCUT2D eigenvalue weighted by Gasteiger charge is -2.34. The van der Waals surface area contributed by atoms with E-state index in [0.717, 1.165) is 49.7 Å². The van der Waals surface area contributed by atoms with Crippen molar-refractivity contribution in [2.75, 3.05) is 13.1 Å². The van der Waals surface area contributed by atoms with E-state index in [9.17, 15) is 9.59 Å². The average Bonchev–Trinajstić information content (AvgIpc) is 3.35. The van der Waals surface area contributed by atoms with Gasteiger partial charge in [0.1, 0.15) is 6.04 Å². The van der Waals surface area contributed by atoms with Gasteiger partial charge in [-0.2, -0.15) is 0 Å². The van der Waals surface area contributed by atoms with E-state index in [1.165, 1.54) is 0 Å². The topological polar surface area (TPSA) is 75.4 Å². The average molecular weight is 448 g/mol. The number of amides is 2. The van der Waals surface area contributed by atoms with E-state index in [-0.39, 0.29) is 17.9 Å². The predicted octanol–water partition coefficient (Wildman–Crippen LogP) is 4.01. The third kappa shape index (κ3) is 5.47. The molecule has 1 saturated carbocycles. The molecule has 0 aromatic heterocycles. The molecular formula is C28H37N3O2. The Morgan fingerprint density at radius 3 is 2.09 bits per heavy atom. The van der Waals surface area contributed by atoms with Crippen LogP contribution in [0.3, 0.4) is 0 Å². The summed E-state index contributed by atoms with van der Waals surface area (Å²) >= 11 is 0. The van der Waals surface area contributed by atoms with Crippen LogP contribution in [0.15, 0.2) is 60.7 Å². The maximum atomic E-state index is 13.6. The standard InChI is InChI=1S/C28H37N3O2/c1-28(22-9-4-2-5-10-22,23-11-6-3-7-12-23)19-26(32)31-18-8-13-25(31)27(33)30-20-21-14-16-24(29)17-15-21/h2-7,9-12,21,24-25H,8,13-20,29H2,1H3,(H,30,33)/t21?,24?,25-/m0/s1. The maximum Gasteiger partial charge on any atom is 0.242 e. The predicted molar refractivity (Wildman–Crippen MR) is 132 cm³/mol. The third-order valence-corrected chi connectivity index (χ3v) is 7.66. The molecule has 2 aromatic rings. The monoisotopic (exact) mass is 447 g/mol. The normalized spacial score (nSPS) is 23.3. The van der Waals surface area contributed by atoms with E-state index < -0.39 is 5.41 Å². The molecule has 2 amide bonds. The number of nitrogens with zero attached hydrogens (tertiary/aromatic N) is 1. The number of rotatable bonds is 7. The van der Waals surface area contributed by atoms with Crippen molar-refractivity contribution < 1.29 is 9.59 Å². The summed E-state index contributed by atoms with van der Waals surface area (Å²) in [6, 6.07) is 20.4. The van der Waals surface area contributed by atoms with Crippen LogP contribution in [0.2, 0.25) is 0 Å². The molecule has 0 bridgehead atoms. The van der Waals surface area contributed by atoms with Gasteiger partial charge in [0, 0.05) is 31.0 Å². The molecule has 1 heterocycles. The van der Waals surface area contributed by atoms with Crippen LogP contribution in [0.4, 0.5) is 0 Å². The first kappa shape index (κ1) is 23.5. The second-order valence-electron chi connectivity index (χ2n) is 10.0. The molecule has 1 saturated heterocycles. The van der Waals surface area contributed by atoms with E-state index in [2.05, 4.69) is 36.5 Å². The number of carbonyl (C=O) groups is 2. The molecule has 5 nitrogen and oxygen atoms in total.